The van der Waals surface area contributed by atoms with Crippen LogP contribution >= 0.6 is 35.1 Å². The van der Waals surface area contributed by atoms with Crippen LogP contribution in [0.15, 0.2) is 58.6 Å². The highest BCUT2D eigenvalue weighted by atomic mass is 35.5. The van der Waals surface area contributed by atoms with Crippen LogP contribution in [-0.2, 0) is 11.8 Å². The Morgan fingerprint density at radius 1 is 1.18 bits per heavy atom. The number of carbonyl (C=O) groups is 1. The molecule has 9 heteroatoms. The monoisotopic (exact) mass is 429 g/mol. The van der Waals surface area contributed by atoms with Crippen molar-refractivity contribution in [2.75, 3.05) is 16.8 Å². The van der Waals surface area contributed by atoms with Gasteiger partial charge in [-0.15, -0.1) is 22.0 Å². The highest BCUT2D eigenvalue weighted by Crippen LogP contribution is 2.29. The molecule has 1 N–H and O–H groups in total. The van der Waals surface area contributed by atoms with Crippen molar-refractivity contribution in [1.82, 2.24) is 14.8 Å². The molecule has 0 saturated carbocycles. The third-order valence-electron chi connectivity index (χ3n) is 3.74. The first-order chi connectivity index (χ1) is 13.6. The summed E-state index contributed by atoms with van der Waals surface area (Å²) in [5.74, 6) is 1.00. The van der Waals surface area contributed by atoms with Gasteiger partial charge in [-0.1, -0.05) is 47.6 Å². The second-order valence-corrected chi connectivity index (χ2v) is 7.99. The Labute approximate surface area is 176 Å². The number of nitrogens with one attached hydrogen (secondary N) is 1. The molecule has 0 aliphatic carbocycles. The van der Waals surface area contributed by atoms with Crippen molar-refractivity contribution in [2.24, 2.45) is 7.05 Å². The molecule has 0 radical (unpaired) electrons. The minimum Gasteiger partial charge on any atom is -0.324 e. The Balaban J connectivity index is 1.65. The summed E-state index contributed by atoms with van der Waals surface area (Å²) in [6, 6.07) is 16.9. The summed E-state index contributed by atoms with van der Waals surface area (Å²) in [5, 5.41) is 21.2. The molecule has 0 fully saturated rings. The summed E-state index contributed by atoms with van der Waals surface area (Å²) in [7, 11) is 1.84. The van der Waals surface area contributed by atoms with E-state index in [-0.39, 0.29) is 11.7 Å². The van der Waals surface area contributed by atoms with Crippen LogP contribution in [0.25, 0.3) is 11.4 Å². The van der Waals surface area contributed by atoms with Gasteiger partial charge in [-0.3, -0.25) is 4.79 Å². The number of nitriles is 1. The van der Waals surface area contributed by atoms with E-state index in [1.54, 1.807) is 6.07 Å². The lowest BCUT2D eigenvalue weighted by molar-refractivity contribution is -0.113. The Morgan fingerprint density at radius 2 is 1.93 bits per heavy atom. The Hall–Kier alpha value is -2.47. The summed E-state index contributed by atoms with van der Waals surface area (Å²) in [4.78, 5) is 13.2. The molecule has 0 atom stereocenters. The first-order valence-corrected chi connectivity index (χ1v) is 10.6. The molecular formula is C19H16ClN5OS2. The van der Waals surface area contributed by atoms with Crippen molar-refractivity contribution in [3.8, 4) is 17.5 Å². The van der Waals surface area contributed by atoms with Crippen molar-refractivity contribution >= 4 is 46.7 Å². The van der Waals surface area contributed by atoms with E-state index in [9.17, 15) is 4.79 Å². The highest BCUT2D eigenvalue weighted by molar-refractivity contribution is 8.00. The van der Waals surface area contributed by atoms with Gasteiger partial charge in [0.05, 0.1) is 28.3 Å². The fourth-order valence-corrected chi connectivity index (χ4v) is 4.04. The van der Waals surface area contributed by atoms with E-state index in [1.807, 2.05) is 54.1 Å². The highest BCUT2D eigenvalue weighted by Gasteiger charge is 2.15. The van der Waals surface area contributed by atoms with Gasteiger partial charge >= 0.3 is 0 Å². The Bertz CT molecular complexity index is 1030. The Kier molecular flexibility index (Phi) is 6.98. The molecule has 0 spiro atoms. The van der Waals surface area contributed by atoms with Crippen LogP contribution in [-0.4, -0.2) is 32.2 Å². The van der Waals surface area contributed by atoms with Gasteiger partial charge in [0.1, 0.15) is 0 Å². The third-order valence-corrected chi connectivity index (χ3v) is 6.03. The predicted octanol–water partition coefficient (Wildman–Crippen LogP) is 4.48. The van der Waals surface area contributed by atoms with Crippen LogP contribution in [0.2, 0.25) is 5.02 Å². The predicted molar refractivity (Wildman–Crippen MR) is 114 cm³/mol. The molecular weight excluding hydrogens is 414 g/mol. The third kappa shape index (κ3) is 4.87. The minimum absolute atomic E-state index is 0.155. The number of rotatable bonds is 7. The van der Waals surface area contributed by atoms with Crippen LogP contribution in [0.1, 0.15) is 0 Å². The number of anilines is 1. The first kappa shape index (κ1) is 20.3. The average Bonchev–Trinajstić information content (AvgIpc) is 3.06. The van der Waals surface area contributed by atoms with Crippen molar-refractivity contribution in [3.05, 3.63) is 53.6 Å². The Morgan fingerprint density at radius 3 is 2.71 bits per heavy atom. The van der Waals surface area contributed by atoms with E-state index >= 15 is 0 Å². The number of hydrogen-bond donors (Lipinski definition) is 1. The largest absolute Gasteiger partial charge is 0.324 e. The summed E-state index contributed by atoms with van der Waals surface area (Å²) in [5.41, 5.74) is 1.49. The second kappa shape index (κ2) is 9.64. The molecule has 0 aliphatic heterocycles. The number of aromatic nitrogens is 3. The SMILES string of the molecule is Cn1c(SCC(=O)Nc2ccccc2SCC#N)nnc1-c1ccccc1Cl. The van der Waals surface area contributed by atoms with Crippen molar-refractivity contribution in [2.45, 2.75) is 10.1 Å². The van der Waals surface area contributed by atoms with Crippen LogP contribution in [0.4, 0.5) is 5.69 Å². The molecule has 0 saturated heterocycles. The number of benzene rings is 2. The van der Waals surface area contributed by atoms with Crippen molar-refractivity contribution < 1.29 is 4.79 Å². The average molecular weight is 430 g/mol. The van der Waals surface area contributed by atoms with Gasteiger partial charge in [-0.25, -0.2) is 0 Å². The number of nitrogens with zero attached hydrogens (tertiary/aromatic N) is 4. The number of carbonyl (C=O) groups excluding carboxylic acids is 1. The smallest absolute Gasteiger partial charge is 0.234 e. The maximum Gasteiger partial charge on any atom is 0.234 e. The van der Waals surface area contributed by atoms with E-state index in [0.717, 1.165) is 10.5 Å². The molecule has 0 bridgehead atoms. The van der Waals surface area contributed by atoms with Crippen LogP contribution < -0.4 is 5.32 Å². The number of amides is 1. The van der Waals surface area contributed by atoms with E-state index in [0.29, 0.717) is 27.4 Å². The maximum absolute atomic E-state index is 12.4. The van der Waals surface area contributed by atoms with E-state index in [1.165, 1.54) is 23.5 Å². The zero-order valence-electron chi connectivity index (χ0n) is 14.9. The molecule has 6 nitrogen and oxygen atoms in total. The minimum atomic E-state index is -0.155. The summed E-state index contributed by atoms with van der Waals surface area (Å²) >= 11 is 8.92. The van der Waals surface area contributed by atoms with Gasteiger partial charge in [0, 0.05) is 17.5 Å². The molecule has 3 aromatic rings. The molecule has 0 aliphatic rings. The fourth-order valence-electron chi connectivity index (χ4n) is 2.44. The lowest BCUT2D eigenvalue weighted by atomic mass is 10.2. The fraction of sp³-hybridized carbons (Fsp3) is 0.158. The van der Waals surface area contributed by atoms with E-state index in [4.69, 9.17) is 16.9 Å². The molecule has 28 heavy (non-hydrogen) atoms. The lowest BCUT2D eigenvalue weighted by Gasteiger charge is -2.09. The van der Waals surface area contributed by atoms with Crippen LogP contribution in [0.3, 0.4) is 0 Å². The zero-order chi connectivity index (χ0) is 19.9. The molecule has 1 heterocycles. The molecule has 1 aromatic heterocycles. The maximum atomic E-state index is 12.4. The van der Waals surface area contributed by atoms with E-state index < -0.39 is 0 Å². The van der Waals surface area contributed by atoms with Gasteiger partial charge < -0.3 is 9.88 Å². The first-order valence-electron chi connectivity index (χ1n) is 8.26. The second-order valence-electron chi connectivity index (χ2n) is 5.62. The number of para-hydroxylation sites is 1. The quantitative estimate of drug-likeness (QED) is 0.557. The summed E-state index contributed by atoms with van der Waals surface area (Å²) in [6.45, 7) is 0. The zero-order valence-corrected chi connectivity index (χ0v) is 17.3. The normalized spacial score (nSPS) is 10.5. The molecule has 0 unspecified atom stereocenters. The van der Waals surface area contributed by atoms with Gasteiger partial charge in [0.15, 0.2) is 11.0 Å². The van der Waals surface area contributed by atoms with Gasteiger partial charge in [-0.2, -0.15) is 5.26 Å². The van der Waals surface area contributed by atoms with Gasteiger partial charge in [0.2, 0.25) is 5.91 Å². The molecule has 142 valence electrons. The van der Waals surface area contributed by atoms with Crippen molar-refractivity contribution in [3.63, 3.8) is 0 Å². The van der Waals surface area contributed by atoms with Crippen molar-refractivity contribution in [1.29, 1.82) is 5.26 Å². The summed E-state index contributed by atoms with van der Waals surface area (Å²) in [6.07, 6.45) is 0. The molecule has 1 amide bonds. The molecule has 3 rings (SSSR count). The van der Waals surface area contributed by atoms with E-state index in [2.05, 4.69) is 21.6 Å². The van der Waals surface area contributed by atoms with Gasteiger partial charge in [0.25, 0.3) is 0 Å². The standard InChI is InChI=1S/C19H16ClN5OS2/c1-25-18(13-6-2-3-7-14(13)20)23-24-19(25)28-12-17(26)22-15-8-4-5-9-16(15)27-11-10-21/h2-9H,11-12H2,1H3,(H,22,26). The summed E-state index contributed by atoms with van der Waals surface area (Å²) < 4.78 is 1.82. The number of thioether (sulfide) groups is 2. The van der Waals surface area contributed by atoms with Crippen LogP contribution in [0, 0.1) is 11.3 Å². The number of hydrogen-bond acceptors (Lipinski definition) is 6. The molecule has 2 aromatic carbocycles. The van der Waals surface area contributed by atoms with Crippen LogP contribution in [0.5, 0.6) is 0 Å². The number of halogens is 1. The topological polar surface area (TPSA) is 83.6 Å². The lowest BCUT2D eigenvalue weighted by Crippen LogP contribution is -2.15. The van der Waals surface area contributed by atoms with Gasteiger partial charge in [-0.05, 0) is 24.3 Å².